The van der Waals surface area contributed by atoms with E-state index in [1.54, 1.807) is 18.2 Å². The number of carbonyl (C=O) groups excluding carboxylic acids is 1. The van der Waals surface area contributed by atoms with Crippen LogP contribution in [0.25, 0.3) is 0 Å². The van der Waals surface area contributed by atoms with Gasteiger partial charge in [-0.25, -0.2) is 8.42 Å². The Balaban J connectivity index is 2.04. The van der Waals surface area contributed by atoms with Gasteiger partial charge in [-0.2, -0.15) is 9.90 Å². The number of halogens is 2. The van der Waals surface area contributed by atoms with Crippen molar-refractivity contribution in [2.75, 3.05) is 16.3 Å². The predicted octanol–water partition coefficient (Wildman–Crippen LogP) is 1.60. The van der Waals surface area contributed by atoms with Gasteiger partial charge in [0.15, 0.2) is 5.82 Å². The van der Waals surface area contributed by atoms with Crippen LogP contribution in [0.4, 0.5) is 11.5 Å². The minimum Gasteiger partial charge on any atom is -0.322 e. The van der Waals surface area contributed by atoms with Crippen LogP contribution < -0.4 is 10.0 Å². The lowest BCUT2D eigenvalue weighted by Gasteiger charge is -2.08. The fourth-order valence-corrected chi connectivity index (χ4v) is 2.50. The van der Waals surface area contributed by atoms with E-state index in [2.05, 4.69) is 20.2 Å². The maximum Gasteiger partial charge on any atom is 0.248 e. The predicted molar refractivity (Wildman–Crippen MR) is 83.6 cm³/mol. The quantitative estimate of drug-likeness (QED) is 0.838. The maximum atomic E-state index is 11.9. The summed E-state index contributed by atoms with van der Waals surface area (Å²) in [6.07, 6.45) is 2.18. The molecule has 0 fully saturated rings. The van der Waals surface area contributed by atoms with Gasteiger partial charge in [-0.1, -0.05) is 29.3 Å². The van der Waals surface area contributed by atoms with Gasteiger partial charge in [0.2, 0.25) is 15.9 Å². The molecule has 1 aromatic carbocycles. The fraction of sp³-hybridized carbons (Fsp3) is 0.182. The van der Waals surface area contributed by atoms with Gasteiger partial charge < -0.3 is 5.32 Å². The summed E-state index contributed by atoms with van der Waals surface area (Å²) in [5.41, 5.74) is 0.289. The van der Waals surface area contributed by atoms with Gasteiger partial charge in [0.25, 0.3) is 0 Å². The van der Waals surface area contributed by atoms with Crippen LogP contribution in [0, 0.1) is 0 Å². The van der Waals surface area contributed by atoms with Gasteiger partial charge >= 0.3 is 0 Å². The van der Waals surface area contributed by atoms with Crippen LogP contribution in [-0.2, 0) is 21.4 Å². The number of nitrogens with one attached hydrogen (secondary N) is 2. The molecule has 1 heterocycles. The third kappa shape index (κ3) is 4.58. The molecule has 0 aliphatic carbocycles. The topological polar surface area (TPSA) is 106 Å². The average molecular weight is 364 g/mol. The molecule has 22 heavy (non-hydrogen) atoms. The number of nitrogens with zero attached hydrogens (tertiary/aromatic N) is 3. The van der Waals surface area contributed by atoms with Crippen LogP contribution in [0.2, 0.25) is 10.0 Å². The van der Waals surface area contributed by atoms with Crippen molar-refractivity contribution >= 4 is 50.6 Å². The minimum atomic E-state index is -3.45. The van der Waals surface area contributed by atoms with E-state index in [0.717, 1.165) is 11.1 Å². The third-order valence-electron chi connectivity index (χ3n) is 2.34. The van der Waals surface area contributed by atoms with Crippen molar-refractivity contribution in [3.63, 3.8) is 0 Å². The lowest BCUT2D eigenvalue weighted by atomic mass is 10.3. The number of anilines is 2. The second kappa shape index (κ2) is 6.51. The summed E-state index contributed by atoms with van der Waals surface area (Å²) >= 11 is 11.9. The molecule has 0 saturated heterocycles. The van der Waals surface area contributed by atoms with Gasteiger partial charge in [0.05, 0.1) is 28.2 Å². The van der Waals surface area contributed by atoms with Crippen LogP contribution >= 0.6 is 23.2 Å². The monoisotopic (exact) mass is 363 g/mol. The lowest BCUT2D eigenvalue weighted by Crippen LogP contribution is -2.21. The Hall–Kier alpha value is -1.84. The molecule has 8 nitrogen and oxygen atoms in total. The van der Waals surface area contributed by atoms with E-state index in [9.17, 15) is 13.2 Å². The zero-order chi connectivity index (χ0) is 16.3. The summed E-state index contributed by atoms with van der Waals surface area (Å²) in [6, 6.07) is 4.82. The smallest absolute Gasteiger partial charge is 0.248 e. The van der Waals surface area contributed by atoms with Crippen molar-refractivity contribution in [2.45, 2.75) is 6.54 Å². The van der Waals surface area contributed by atoms with Crippen molar-refractivity contribution < 1.29 is 13.2 Å². The molecule has 11 heteroatoms. The highest BCUT2D eigenvalue weighted by Crippen LogP contribution is 2.29. The Morgan fingerprint density at radius 1 is 1.32 bits per heavy atom. The molecule has 2 rings (SSSR count). The molecule has 118 valence electrons. The first-order valence-corrected chi connectivity index (χ1v) is 8.51. The SMILES string of the molecule is CS(=O)(=O)Nc1cnn(CC(=O)Nc2c(Cl)cccc2Cl)n1. The van der Waals surface area contributed by atoms with Gasteiger partial charge in [-0.05, 0) is 12.1 Å². The van der Waals surface area contributed by atoms with E-state index in [-0.39, 0.29) is 18.1 Å². The number of sulfonamides is 1. The standard InChI is InChI=1S/C11H11Cl2N5O3S/c1-22(20,21)17-9-5-14-18(16-9)6-10(19)15-11-7(12)3-2-4-8(11)13/h2-5H,6H2,1H3,(H,15,19)(H,16,17). The van der Waals surface area contributed by atoms with Crippen LogP contribution in [0.1, 0.15) is 0 Å². The van der Waals surface area contributed by atoms with Crippen molar-refractivity contribution in [2.24, 2.45) is 0 Å². The minimum absolute atomic E-state index is 0.0195. The molecule has 0 radical (unpaired) electrons. The molecule has 1 amide bonds. The number of hydrogen-bond acceptors (Lipinski definition) is 5. The first-order valence-electron chi connectivity index (χ1n) is 5.86. The Labute approximate surface area is 136 Å². The highest BCUT2D eigenvalue weighted by molar-refractivity contribution is 7.92. The number of amides is 1. The molecule has 0 spiro atoms. The Morgan fingerprint density at radius 2 is 1.95 bits per heavy atom. The molecule has 0 atom stereocenters. The average Bonchev–Trinajstić information content (AvgIpc) is 2.79. The summed E-state index contributed by atoms with van der Waals surface area (Å²) in [7, 11) is -3.45. The van der Waals surface area contributed by atoms with Gasteiger partial charge in [0.1, 0.15) is 6.54 Å². The second-order valence-corrected chi connectivity index (χ2v) is 6.84. The summed E-state index contributed by atoms with van der Waals surface area (Å²) in [4.78, 5) is 12.9. The third-order valence-corrected chi connectivity index (χ3v) is 3.55. The largest absolute Gasteiger partial charge is 0.322 e. The second-order valence-electron chi connectivity index (χ2n) is 4.28. The Morgan fingerprint density at radius 3 is 2.55 bits per heavy atom. The summed E-state index contributed by atoms with van der Waals surface area (Å²) < 4.78 is 24.2. The zero-order valence-corrected chi connectivity index (χ0v) is 13.6. The van der Waals surface area contributed by atoms with Crippen molar-refractivity contribution in [3.8, 4) is 0 Å². The molecule has 0 aliphatic rings. The van der Waals surface area contributed by atoms with Gasteiger partial charge in [0, 0.05) is 0 Å². The lowest BCUT2D eigenvalue weighted by molar-refractivity contribution is -0.117. The molecular weight excluding hydrogens is 353 g/mol. The van der Waals surface area contributed by atoms with Crippen molar-refractivity contribution in [1.82, 2.24) is 15.0 Å². The number of benzene rings is 1. The highest BCUT2D eigenvalue weighted by Gasteiger charge is 2.12. The molecule has 0 aliphatic heterocycles. The van der Waals surface area contributed by atoms with E-state index in [1.807, 2.05) is 0 Å². The van der Waals surface area contributed by atoms with Crippen LogP contribution in [-0.4, -0.2) is 35.6 Å². The summed E-state index contributed by atoms with van der Waals surface area (Å²) in [6.45, 7) is -0.229. The molecule has 1 aromatic heterocycles. The molecule has 0 unspecified atom stereocenters. The van der Waals surface area contributed by atoms with Gasteiger partial charge in [-0.15, -0.1) is 5.10 Å². The summed E-state index contributed by atoms with van der Waals surface area (Å²) in [5.74, 6) is -0.442. The Kier molecular flexibility index (Phi) is 4.89. The molecule has 2 N–H and O–H groups in total. The Bertz CT molecular complexity index is 786. The number of carbonyl (C=O) groups is 1. The highest BCUT2D eigenvalue weighted by atomic mass is 35.5. The number of aromatic nitrogens is 3. The first kappa shape index (κ1) is 16.5. The summed E-state index contributed by atoms with van der Waals surface area (Å²) in [5, 5.41) is 10.7. The number of hydrogen-bond donors (Lipinski definition) is 2. The van der Waals surface area contributed by atoms with Gasteiger partial charge in [-0.3, -0.25) is 9.52 Å². The molecular formula is C11H11Cl2N5O3S. The fourth-order valence-electron chi connectivity index (χ4n) is 1.53. The molecule has 0 bridgehead atoms. The number of para-hydroxylation sites is 1. The van der Waals surface area contributed by atoms with E-state index in [0.29, 0.717) is 10.0 Å². The van der Waals surface area contributed by atoms with E-state index in [4.69, 9.17) is 23.2 Å². The van der Waals surface area contributed by atoms with E-state index >= 15 is 0 Å². The van der Waals surface area contributed by atoms with E-state index in [1.165, 1.54) is 6.20 Å². The van der Waals surface area contributed by atoms with Crippen LogP contribution in [0.3, 0.4) is 0 Å². The normalized spacial score (nSPS) is 11.2. The molecule has 2 aromatic rings. The zero-order valence-electron chi connectivity index (χ0n) is 11.2. The van der Waals surface area contributed by atoms with Crippen molar-refractivity contribution in [1.29, 1.82) is 0 Å². The van der Waals surface area contributed by atoms with Crippen LogP contribution in [0.5, 0.6) is 0 Å². The van der Waals surface area contributed by atoms with Crippen molar-refractivity contribution in [3.05, 3.63) is 34.4 Å². The first-order chi connectivity index (χ1) is 10.2. The van der Waals surface area contributed by atoms with Crippen LogP contribution in [0.15, 0.2) is 24.4 Å². The number of rotatable bonds is 5. The van der Waals surface area contributed by atoms with E-state index < -0.39 is 15.9 Å². The molecule has 0 saturated carbocycles. The maximum absolute atomic E-state index is 11.9.